The van der Waals surface area contributed by atoms with E-state index in [9.17, 15) is 14.4 Å². The predicted molar refractivity (Wildman–Crippen MR) is 154 cm³/mol. The Hall–Kier alpha value is -4.43. The zero-order chi connectivity index (χ0) is 27.5. The maximum Gasteiger partial charge on any atom is 0.335 e. The molecule has 1 N–H and O–H groups in total. The lowest BCUT2D eigenvalue weighted by Gasteiger charge is -2.26. The highest BCUT2D eigenvalue weighted by Crippen LogP contribution is 2.32. The first-order valence-corrected chi connectivity index (χ1v) is 13.2. The van der Waals surface area contributed by atoms with E-state index in [4.69, 9.17) is 9.47 Å². The first-order valence-electron chi connectivity index (χ1n) is 12.4. The molecule has 0 aromatic heterocycles. The van der Waals surface area contributed by atoms with Gasteiger partial charge < -0.3 is 9.47 Å². The van der Waals surface area contributed by atoms with Gasteiger partial charge in [-0.05, 0) is 77.7 Å². The van der Waals surface area contributed by atoms with Crippen LogP contribution in [0.3, 0.4) is 0 Å². The number of barbiturate groups is 1. The molecule has 0 saturated carbocycles. The first kappa shape index (κ1) is 26.2. The molecule has 7 nitrogen and oxygen atoms in total. The summed E-state index contributed by atoms with van der Waals surface area (Å²) in [6.07, 6.45) is 1.44. The Bertz CT molecular complexity index is 1640. The quantitative estimate of drug-likeness (QED) is 0.196. The number of halogens is 1. The van der Waals surface area contributed by atoms with Gasteiger partial charge in [-0.15, -0.1) is 0 Å². The Morgan fingerprint density at radius 2 is 1.69 bits per heavy atom. The summed E-state index contributed by atoms with van der Waals surface area (Å²) in [5, 5.41) is 4.50. The molecule has 4 amide bonds. The Labute approximate surface area is 234 Å². The van der Waals surface area contributed by atoms with E-state index in [0.29, 0.717) is 36.0 Å². The SMILES string of the molecule is CCOc1cc(/C=C2\C(=O)NC(=O)N(c3ccc(Br)c(C)c3)C2=O)ccc1OCc1cccc2ccccc12. The van der Waals surface area contributed by atoms with E-state index in [1.54, 1.807) is 36.4 Å². The summed E-state index contributed by atoms with van der Waals surface area (Å²) >= 11 is 3.42. The second-order valence-corrected chi connectivity index (χ2v) is 9.81. The van der Waals surface area contributed by atoms with Crippen LogP contribution in [0.5, 0.6) is 11.5 Å². The number of amides is 4. The summed E-state index contributed by atoms with van der Waals surface area (Å²) in [6.45, 7) is 4.45. The second kappa shape index (κ2) is 11.1. The molecular formula is C31H25BrN2O5. The number of benzene rings is 4. The summed E-state index contributed by atoms with van der Waals surface area (Å²) < 4.78 is 12.8. The van der Waals surface area contributed by atoms with Crippen molar-refractivity contribution in [3.8, 4) is 11.5 Å². The van der Waals surface area contributed by atoms with Crippen LogP contribution in [0.25, 0.3) is 16.8 Å². The molecular weight excluding hydrogens is 560 g/mol. The van der Waals surface area contributed by atoms with Gasteiger partial charge in [0, 0.05) is 4.47 Å². The van der Waals surface area contributed by atoms with Gasteiger partial charge in [0.2, 0.25) is 0 Å². The van der Waals surface area contributed by atoms with Crippen molar-refractivity contribution >= 4 is 56.3 Å². The van der Waals surface area contributed by atoms with Crippen LogP contribution in [0.1, 0.15) is 23.6 Å². The molecule has 0 bridgehead atoms. The summed E-state index contributed by atoms with van der Waals surface area (Å²) in [4.78, 5) is 39.5. The predicted octanol–water partition coefficient (Wildman–Crippen LogP) is 6.55. The molecule has 5 rings (SSSR count). The summed E-state index contributed by atoms with van der Waals surface area (Å²) in [7, 11) is 0. The average molecular weight is 585 g/mol. The van der Waals surface area contributed by atoms with Gasteiger partial charge in [0.15, 0.2) is 11.5 Å². The third-order valence-electron chi connectivity index (χ3n) is 6.34. The first-order chi connectivity index (χ1) is 18.9. The number of nitrogens with zero attached hydrogens (tertiary/aromatic N) is 1. The standard InChI is InChI=1S/C31H25BrN2O5/c1-3-38-28-17-20(11-14-27(28)39-18-22-9-6-8-21-7-4-5-10-24(21)22)16-25-29(35)33-31(37)34(30(25)36)23-12-13-26(32)19(2)15-23/h4-17H,3,18H2,1-2H3,(H,33,35,37)/b25-16+. The van der Waals surface area contributed by atoms with Crippen molar-refractivity contribution in [3.63, 3.8) is 0 Å². The van der Waals surface area contributed by atoms with Gasteiger partial charge in [0.05, 0.1) is 12.3 Å². The van der Waals surface area contributed by atoms with Crippen molar-refractivity contribution in [1.29, 1.82) is 0 Å². The molecule has 1 heterocycles. The minimum atomic E-state index is -0.795. The molecule has 0 spiro atoms. The molecule has 1 aliphatic heterocycles. The number of carbonyl (C=O) groups is 3. The van der Waals surface area contributed by atoms with Crippen LogP contribution in [0.2, 0.25) is 0 Å². The molecule has 0 radical (unpaired) electrons. The van der Waals surface area contributed by atoms with Crippen LogP contribution < -0.4 is 19.7 Å². The van der Waals surface area contributed by atoms with Crippen LogP contribution >= 0.6 is 15.9 Å². The van der Waals surface area contributed by atoms with Crippen LogP contribution in [0.15, 0.2) is 88.9 Å². The van der Waals surface area contributed by atoms with Crippen LogP contribution in [-0.2, 0) is 16.2 Å². The van der Waals surface area contributed by atoms with E-state index in [1.165, 1.54) is 6.08 Å². The van der Waals surface area contributed by atoms with E-state index in [-0.39, 0.29) is 5.57 Å². The molecule has 8 heteroatoms. The summed E-state index contributed by atoms with van der Waals surface area (Å²) in [5.74, 6) is -0.454. The minimum absolute atomic E-state index is 0.165. The molecule has 0 atom stereocenters. The number of imide groups is 2. The smallest absolute Gasteiger partial charge is 0.335 e. The Morgan fingerprint density at radius 1 is 0.897 bits per heavy atom. The van der Waals surface area contributed by atoms with Gasteiger partial charge in [-0.25, -0.2) is 9.69 Å². The van der Waals surface area contributed by atoms with Crippen LogP contribution in [0, 0.1) is 6.92 Å². The molecule has 4 aromatic carbocycles. The number of aryl methyl sites for hydroxylation is 1. The molecule has 1 aliphatic rings. The van der Waals surface area contributed by atoms with Gasteiger partial charge in [-0.1, -0.05) is 64.5 Å². The van der Waals surface area contributed by atoms with Crippen molar-refractivity contribution < 1.29 is 23.9 Å². The van der Waals surface area contributed by atoms with E-state index < -0.39 is 17.8 Å². The third-order valence-corrected chi connectivity index (χ3v) is 7.23. The highest BCUT2D eigenvalue weighted by Gasteiger charge is 2.37. The molecule has 0 aliphatic carbocycles. The van der Waals surface area contributed by atoms with Gasteiger partial charge in [-0.3, -0.25) is 14.9 Å². The number of fused-ring (bicyclic) bond motifs is 1. The van der Waals surface area contributed by atoms with E-state index in [2.05, 4.69) is 39.4 Å². The fraction of sp³-hybridized carbons (Fsp3) is 0.129. The fourth-order valence-electron chi connectivity index (χ4n) is 4.40. The lowest BCUT2D eigenvalue weighted by molar-refractivity contribution is -0.122. The van der Waals surface area contributed by atoms with Crippen molar-refractivity contribution in [3.05, 3.63) is 106 Å². The fourth-order valence-corrected chi connectivity index (χ4v) is 4.65. The highest BCUT2D eigenvalue weighted by molar-refractivity contribution is 9.10. The molecule has 4 aromatic rings. The largest absolute Gasteiger partial charge is 0.490 e. The van der Waals surface area contributed by atoms with Crippen LogP contribution in [0.4, 0.5) is 10.5 Å². The average Bonchev–Trinajstić information content (AvgIpc) is 2.92. The monoisotopic (exact) mass is 584 g/mol. The van der Waals surface area contributed by atoms with Crippen molar-refractivity contribution in [2.45, 2.75) is 20.5 Å². The number of hydrogen-bond acceptors (Lipinski definition) is 5. The van der Waals surface area contributed by atoms with Crippen molar-refractivity contribution in [1.82, 2.24) is 5.32 Å². The molecule has 0 unspecified atom stereocenters. The zero-order valence-electron chi connectivity index (χ0n) is 21.4. The lowest BCUT2D eigenvalue weighted by atomic mass is 10.1. The number of nitrogens with one attached hydrogen (secondary N) is 1. The zero-order valence-corrected chi connectivity index (χ0v) is 22.9. The van der Waals surface area contributed by atoms with E-state index in [0.717, 1.165) is 31.3 Å². The van der Waals surface area contributed by atoms with Crippen molar-refractivity contribution in [2.75, 3.05) is 11.5 Å². The van der Waals surface area contributed by atoms with E-state index in [1.807, 2.05) is 38.1 Å². The van der Waals surface area contributed by atoms with Gasteiger partial charge in [0.25, 0.3) is 11.8 Å². The molecule has 196 valence electrons. The van der Waals surface area contributed by atoms with Gasteiger partial charge in [0.1, 0.15) is 12.2 Å². The number of ether oxygens (including phenoxy) is 2. The van der Waals surface area contributed by atoms with Gasteiger partial charge in [-0.2, -0.15) is 0 Å². The van der Waals surface area contributed by atoms with E-state index >= 15 is 0 Å². The van der Waals surface area contributed by atoms with Gasteiger partial charge >= 0.3 is 6.03 Å². The maximum absolute atomic E-state index is 13.3. The topological polar surface area (TPSA) is 84.9 Å². The summed E-state index contributed by atoms with van der Waals surface area (Å²) in [5.41, 5.74) is 2.64. The Morgan fingerprint density at radius 3 is 2.49 bits per heavy atom. The second-order valence-electron chi connectivity index (χ2n) is 8.96. The number of anilines is 1. The highest BCUT2D eigenvalue weighted by atomic mass is 79.9. The Kier molecular flexibility index (Phi) is 7.47. The van der Waals surface area contributed by atoms with Crippen molar-refractivity contribution in [2.24, 2.45) is 0 Å². The summed E-state index contributed by atoms with van der Waals surface area (Å²) in [6, 6.07) is 23.7. The number of hydrogen-bond donors (Lipinski definition) is 1. The third kappa shape index (κ3) is 5.42. The number of carbonyl (C=O) groups excluding carboxylic acids is 3. The maximum atomic E-state index is 13.3. The number of urea groups is 1. The molecule has 1 saturated heterocycles. The number of rotatable bonds is 7. The Balaban J connectivity index is 1.43. The molecule has 1 fully saturated rings. The minimum Gasteiger partial charge on any atom is -0.490 e. The molecule has 39 heavy (non-hydrogen) atoms. The lowest BCUT2D eigenvalue weighted by Crippen LogP contribution is -2.54. The normalized spacial score (nSPS) is 14.6. The van der Waals surface area contributed by atoms with Crippen LogP contribution in [-0.4, -0.2) is 24.5 Å².